The predicted molar refractivity (Wildman–Crippen MR) is 89.4 cm³/mol. The van der Waals surface area contributed by atoms with Gasteiger partial charge in [0.15, 0.2) is 0 Å². The Labute approximate surface area is 138 Å². The van der Waals surface area contributed by atoms with Gasteiger partial charge < -0.3 is 10.1 Å². The van der Waals surface area contributed by atoms with Gasteiger partial charge in [0.1, 0.15) is 0 Å². The number of nitrogens with zero attached hydrogens (tertiary/aromatic N) is 1. The molecule has 0 spiro atoms. The predicted octanol–water partition coefficient (Wildman–Crippen LogP) is 3.34. The summed E-state index contributed by atoms with van der Waals surface area (Å²) in [6.07, 6.45) is 2.30. The number of hydrogen-bond acceptors (Lipinski definition) is 5. The molecule has 1 saturated heterocycles. The molecule has 3 rings (SSSR count). The number of amides is 1. The Kier molecular flexibility index (Phi) is 5.48. The molecule has 1 amide bonds. The van der Waals surface area contributed by atoms with Crippen LogP contribution in [0.2, 0.25) is 0 Å². The molecule has 0 bridgehead atoms. The van der Waals surface area contributed by atoms with E-state index in [1.807, 2.05) is 29.8 Å². The van der Waals surface area contributed by atoms with Crippen LogP contribution in [0.5, 0.6) is 0 Å². The second-order valence-corrected chi connectivity index (χ2v) is 6.91. The van der Waals surface area contributed by atoms with Gasteiger partial charge in [0, 0.05) is 34.7 Å². The van der Waals surface area contributed by atoms with Crippen LogP contribution in [0.3, 0.4) is 0 Å². The number of nitrogens with one attached hydrogen (secondary N) is 1. The minimum Gasteiger partial charge on any atom is -0.376 e. The molecular weight excluding hydrogens is 316 g/mol. The third-order valence-corrected chi connectivity index (χ3v) is 5.18. The van der Waals surface area contributed by atoms with E-state index in [1.54, 1.807) is 23.1 Å². The molecule has 1 fully saturated rings. The summed E-state index contributed by atoms with van der Waals surface area (Å²) in [5, 5.41) is 4.99. The zero-order chi connectivity index (χ0) is 15.2. The van der Waals surface area contributed by atoms with Crippen LogP contribution in [0.1, 0.15) is 28.9 Å². The lowest BCUT2D eigenvalue weighted by Crippen LogP contribution is -2.31. The third kappa shape index (κ3) is 4.32. The normalized spacial score (nSPS) is 17.5. The van der Waals surface area contributed by atoms with E-state index in [0.29, 0.717) is 12.1 Å². The maximum Gasteiger partial charge on any atom is 0.251 e. The van der Waals surface area contributed by atoms with Crippen molar-refractivity contribution in [3.05, 3.63) is 46.4 Å². The number of ether oxygens (including phenoxy) is 1. The summed E-state index contributed by atoms with van der Waals surface area (Å²) in [5.74, 6) is 0.820. The molecule has 4 nitrogen and oxygen atoms in total. The number of hydrogen-bond donors (Lipinski definition) is 1. The van der Waals surface area contributed by atoms with Crippen molar-refractivity contribution in [3.8, 4) is 0 Å². The minimum absolute atomic E-state index is 0.0356. The highest BCUT2D eigenvalue weighted by atomic mass is 32.2. The lowest BCUT2D eigenvalue weighted by Gasteiger charge is -2.11. The van der Waals surface area contributed by atoms with Crippen LogP contribution in [0.25, 0.3) is 0 Å². The molecule has 116 valence electrons. The highest BCUT2D eigenvalue weighted by Gasteiger charge is 2.16. The van der Waals surface area contributed by atoms with Crippen LogP contribution >= 0.6 is 23.1 Å². The number of thiazole rings is 1. The van der Waals surface area contributed by atoms with Crippen molar-refractivity contribution in [2.45, 2.75) is 29.6 Å². The van der Waals surface area contributed by atoms with Crippen molar-refractivity contribution in [1.29, 1.82) is 0 Å². The van der Waals surface area contributed by atoms with Gasteiger partial charge in [-0.2, -0.15) is 0 Å². The molecule has 1 aliphatic rings. The molecule has 22 heavy (non-hydrogen) atoms. The maximum absolute atomic E-state index is 12.1. The first kappa shape index (κ1) is 15.5. The quantitative estimate of drug-likeness (QED) is 0.823. The minimum atomic E-state index is -0.0356. The Balaban J connectivity index is 1.48. The molecule has 0 unspecified atom stereocenters. The van der Waals surface area contributed by atoms with E-state index in [4.69, 9.17) is 4.74 Å². The SMILES string of the molecule is O=C(NC[C@H]1CCCO1)c1ccc(SCc2cscn2)cc1. The van der Waals surface area contributed by atoms with E-state index in [0.717, 1.165) is 35.8 Å². The van der Waals surface area contributed by atoms with Crippen LogP contribution in [-0.4, -0.2) is 30.1 Å². The van der Waals surface area contributed by atoms with Crippen molar-refractivity contribution in [2.75, 3.05) is 13.2 Å². The van der Waals surface area contributed by atoms with E-state index in [1.165, 1.54) is 0 Å². The van der Waals surface area contributed by atoms with Crippen molar-refractivity contribution in [3.63, 3.8) is 0 Å². The highest BCUT2D eigenvalue weighted by Crippen LogP contribution is 2.23. The van der Waals surface area contributed by atoms with E-state index in [2.05, 4.69) is 15.7 Å². The molecule has 1 aromatic carbocycles. The van der Waals surface area contributed by atoms with Crippen molar-refractivity contribution >= 4 is 29.0 Å². The third-order valence-electron chi connectivity index (χ3n) is 3.50. The van der Waals surface area contributed by atoms with Gasteiger partial charge in [0.2, 0.25) is 0 Å². The number of carbonyl (C=O) groups excluding carboxylic acids is 1. The fourth-order valence-corrected chi connectivity index (χ4v) is 3.75. The topological polar surface area (TPSA) is 51.2 Å². The summed E-state index contributed by atoms with van der Waals surface area (Å²) in [5.41, 5.74) is 3.63. The number of aromatic nitrogens is 1. The highest BCUT2D eigenvalue weighted by molar-refractivity contribution is 7.98. The van der Waals surface area contributed by atoms with Crippen molar-refractivity contribution in [2.24, 2.45) is 0 Å². The Morgan fingerprint density at radius 2 is 2.27 bits per heavy atom. The van der Waals surface area contributed by atoms with E-state index < -0.39 is 0 Å². The molecule has 1 aromatic heterocycles. The molecule has 0 saturated carbocycles. The van der Waals surface area contributed by atoms with Crippen LogP contribution in [0, 0.1) is 0 Å². The van der Waals surface area contributed by atoms with Gasteiger partial charge in [-0.1, -0.05) is 0 Å². The largest absolute Gasteiger partial charge is 0.376 e. The molecule has 0 aliphatic carbocycles. The zero-order valence-electron chi connectivity index (χ0n) is 12.2. The summed E-state index contributed by atoms with van der Waals surface area (Å²) in [6, 6.07) is 7.71. The van der Waals surface area contributed by atoms with Gasteiger partial charge in [0.05, 0.1) is 17.3 Å². The van der Waals surface area contributed by atoms with Gasteiger partial charge in [-0.3, -0.25) is 4.79 Å². The zero-order valence-corrected chi connectivity index (χ0v) is 13.8. The molecule has 1 atom stereocenters. The smallest absolute Gasteiger partial charge is 0.251 e. The van der Waals surface area contributed by atoms with E-state index in [9.17, 15) is 4.79 Å². The number of thioether (sulfide) groups is 1. The average molecular weight is 334 g/mol. The van der Waals surface area contributed by atoms with Crippen LogP contribution in [0.15, 0.2) is 40.1 Å². The Bertz CT molecular complexity index is 593. The van der Waals surface area contributed by atoms with Gasteiger partial charge in [-0.25, -0.2) is 4.98 Å². The number of rotatable bonds is 6. The second kappa shape index (κ2) is 7.76. The van der Waals surface area contributed by atoms with Crippen molar-refractivity contribution < 1.29 is 9.53 Å². The van der Waals surface area contributed by atoms with Crippen molar-refractivity contribution in [1.82, 2.24) is 10.3 Å². The Morgan fingerprint density at radius 1 is 1.41 bits per heavy atom. The lowest BCUT2D eigenvalue weighted by molar-refractivity contribution is 0.0857. The summed E-state index contributed by atoms with van der Waals surface area (Å²) in [6.45, 7) is 1.41. The Hall–Kier alpha value is -1.37. The number of carbonyl (C=O) groups is 1. The van der Waals surface area contributed by atoms with Gasteiger partial charge >= 0.3 is 0 Å². The van der Waals surface area contributed by atoms with Crippen LogP contribution in [-0.2, 0) is 10.5 Å². The molecule has 1 N–H and O–H groups in total. The summed E-state index contributed by atoms with van der Waals surface area (Å²) < 4.78 is 5.50. The molecule has 2 aromatic rings. The molecule has 1 aliphatic heterocycles. The van der Waals surface area contributed by atoms with Gasteiger partial charge in [-0.05, 0) is 37.1 Å². The van der Waals surface area contributed by atoms with Gasteiger partial charge in [0.25, 0.3) is 5.91 Å². The standard InChI is InChI=1S/C16H18N2O2S2/c19-16(17-8-14-2-1-7-20-14)12-3-5-15(6-4-12)22-10-13-9-21-11-18-13/h3-6,9,11,14H,1-2,7-8,10H2,(H,17,19)/t14-/m1/s1. The molecule has 2 heterocycles. The van der Waals surface area contributed by atoms with E-state index in [-0.39, 0.29) is 12.0 Å². The molecular formula is C16H18N2O2S2. The van der Waals surface area contributed by atoms with Crippen LogP contribution < -0.4 is 5.32 Å². The molecule has 0 radical (unpaired) electrons. The first-order valence-electron chi connectivity index (χ1n) is 7.31. The summed E-state index contributed by atoms with van der Waals surface area (Å²) in [4.78, 5) is 17.5. The fraction of sp³-hybridized carbons (Fsp3) is 0.375. The number of benzene rings is 1. The first-order valence-corrected chi connectivity index (χ1v) is 9.24. The molecule has 6 heteroatoms. The van der Waals surface area contributed by atoms with Gasteiger partial charge in [-0.15, -0.1) is 23.1 Å². The Morgan fingerprint density at radius 3 is 2.95 bits per heavy atom. The average Bonchev–Trinajstić information content (AvgIpc) is 3.24. The van der Waals surface area contributed by atoms with Crippen LogP contribution in [0.4, 0.5) is 0 Å². The van der Waals surface area contributed by atoms with E-state index >= 15 is 0 Å². The fourth-order valence-electron chi connectivity index (χ4n) is 2.28. The monoisotopic (exact) mass is 334 g/mol. The summed E-state index contributed by atoms with van der Waals surface area (Å²) >= 11 is 3.33. The lowest BCUT2D eigenvalue weighted by atomic mass is 10.2. The summed E-state index contributed by atoms with van der Waals surface area (Å²) in [7, 11) is 0. The maximum atomic E-state index is 12.1. The first-order chi connectivity index (χ1) is 10.8. The second-order valence-electron chi connectivity index (χ2n) is 5.14.